The van der Waals surface area contributed by atoms with Gasteiger partial charge in [0, 0.05) is 17.8 Å². The van der Waals surface area contributed by atoms with E-state index < -0.39 is 8.32 Å². The molecule has 2 aromatic heterocycles. The van der Waals surface area contributed by atoms with Crippen LogP contribution in [0.5, 0.6) is 0 Å². The molecule has 188 valence electrons. The van der Waals surface area contributed by atoms with Crippen molar-refractivity contribution in [1.82, 2.24) is 14.4 Å². The Kier molecular flexibility index (Phi) is 7.05. The van der Waals surface area contributed by atoms with Crippen molar-refractivity contribution < 1.29 is 9.16 Å². The zero-order chi connectivity index (χ0) is 25.3. The molecule has 0 bridgehead atoms. The number of aromatic nitrogens is 3. The summed E-state index contributed by atoms with van der Waals surface area (Å²) in [5, 5.41) is 3.02. The van der Waals surface area contributed by atoms with Crippen LogP contribution in [0.3, 0.4) is 0 Å². The molecule has 0 radical (unpaired) electrons. The Morgan fingerprint density at radius 2 is 1.61 bits per heavy atom. The summed E-state index contributed by atoms with van der Waals surface area (Å²) >= 11 is 6.31. The van der Waals surface area contributed by atoms with Crippen molar-refractivity contribution in [3.63, 3.8) is 0 Å². The van der Waals surface area contributed by atoms with Gasteiger partial charge in [-0.3, -0.25) is 4.40 Å². The van der Waals surface area contributed by atoms with Crippen LogP contribution in [-0.2, 0) is 9.16 Å². The molecule has 1 saturated heterocycles. The van der Waals surface area contributed by atoms with Gasteiger partial charge in [0.05, 0.1) is 25.5 Å². The van der Waals surface area contributed by atoms with Gasteiger partial charge in [-0.05, 0) is 35.2 Å². The fourth-order valence-corrected chi connectivity index (χ4v) is 10.3. The lowest BCUT2D eigenvalue weighted by atomic mass is 9.98. The summed E-state index contributed by atoms with van der Waals surface area (Å²) in [7, 11) is -2.57. The summed E-state index contributed by atoms with van der Waals surface area (Å²) in [4.78, 5) is 8.95. The number of imidazole rings is 1. The number of rotatable bonds is 6. The van der Waals surface area contributed by atoms with Gasteiger partial charge < -0.3 is 9.16 Å². The number of benzene rings is 2. The zero-order valence-corrected chi connectivity index (χ0v) is 23.2. The molecule has 2 atom stereocenters. The Morgan fingerprint density at radius 3 is 2.17 bits per heavy atom. The minimum absolute atomic E-state index is 0.0491. The van der Waals surface area contributed by atoms with Crippen molar-refractivity contribution in [3.8, 4) is 0 Å². The molecule has 5 nitrogen and oxygen atoms in total. The average molecular weight is 520 g/mol. The van der Waals surface area contributed by atoms with Crippen LogP contribution in [0.15, 0.2) is 73.1 Å². The zero-order valence-electron chi connectivity index (χ0n) is 21.4. The first-order chi connectivity index (χ1) is 17.3. The molecule has 0 N–H and O–H groups in total. The topological polar surface area (TPSA) is 48.7 Å². The summed E-state index contributed by atoms with van der Waals surface area (Å²) in [6.45, 7) is 10.2. The summed E-state index contributed by atoms with van der Waals surface area (Å²) in [6, 6.07) is 21.6. The Morgan fingerprint density at radius 1 is 0.972 bits per heavy atom. The summed E-state index contributed by atoms with van der Waals surface area (Å²) in [5.41, 5.74) is 1.88. The van der Waals surface area contributed by atoms with Gasteiger partial charge in [0.15, 0.2) is 5.15 Å². The Labute approximate surface area is 219 Å². The quantitative estimate of drug-likeness (QED) is 0.314. The fraction of sp³-hybridized carbons (Fsp3) is 0.379. The molecule has 7 heteroatoms. The molecule has 5 rings (SSSR count). The first kappa shape index (κ1) is 25.1. The van der Waals surface area contributed by atoms with Crippen LogP contribution in [0, 0.1) is 6.92 Å². The molecule has 0 aliphatic carbocycles. The smallest absolute Gasteiger partial charge is 0.261 e. The maximum absolute atomic E-state index is 7.10. The number of hydrogen-bond donors (Lipinski definition) is 0. The number of aryl methyl sites for hydroxylation is 1. The maximum atomic E-state index is 7.10. The summed E-state index contributed by atoms with van der Waals surface area (Å²) in [6.07, 6.45) is 5.59. The number of fused-ring (bicyclic) bond motifs is 1. The van der Waals surface area contributed by atoms with Crippen LogP contribution < -0.4 is 10.4 Å². The van der Waals surface area contributed by atoms with Crippen molar-refractivity contribution in [2.45, 2.75) is 57.6 Å². The first-order valence-corrected chi connectivity index (χ1v) is 14.9. The van der Waals surface area contributed by atoms with Gasteiger partial charge in [0.2, 0.25) is 0 Å². The predicted octanol–water partition coefficient (Wildman–Crippen LogP) is 5.53. The van der Waals surface area contributed by atoms with Crippen molar-refractivity contribution >= 4 is 35.8 Å². The molecule has 0 amide bonds. The van der Waals surface area contributed by atoms with Crippen LogP contribution in [0.4, 0.5) is 0 Å². The van der Waals surface area contributed by atoms with Gasteiger partial charge in [-0.25, -0.2) is 9.97 Å². The summed E-state index contributed by atoms with van der Waals surface area (Å²) in [5.74, 6) is 1.21. The minimum atomic E-state index is -2.57. The van der Waals surface area contributed by atoms with Crippen LogP contribution in [0.2, 0.25) is 10.2 Å². The Bertz CT molecular complexity index is 1270. The second-order valence-electron chi connectivity index (χ2n) is 10.7. The van der Waals surface area contributed by atoms with Crippen molar-refractivity contribution in [3.05, 3.63) is 89.7 Å². The predicted molar refractivity (Wildman–Crippen MR) is 148 cm³/mol. The highest BCUT2D eigenvalue weighted by atomic mass is 35.5. The minimum Gasteiger partial charge on any atom is -0.405 e. The van der Waals surface area contributed by atoms with Crippen molar-refractivity contribution in [2.75, 3.05) is 13.2 Å². The second-order valence-corrected chi connectivity index (χ2v) is 15.4. The molecule has 0 saturated carbocycles. The number of halogens is 1. The van der Waals surface area contributed by atoms with Gasteiger partial charge in [-0.1, -0.05) is 93.0 Å². The lowest BCUT2D eigenvalue weighted by Crippen LogP contribution is -2.67. The molecule has 2 aromatic carbocycles. The van der Waals surface area contributed by atoms with E-state index in [0.717, 1.165) is 29.9 Å². The monoisotopic (exact) mass is 519 g/mol. The van der Waals surface area contributed by atoms with E-state index in [0.29, 0.717) is 18.4 Å². The highest BCUT2D eigenvalue weighted by molar-refractivity contribution is 6.99. The molecule has 1 aliphatic rings. The van der Waals surface area contributed by atoms with E-state index in [1.165, 1.54) is 10.4 Å². The lowest BCUT2D eigenvalue weighted by Gasteiger charge is -2.44. The third-order valence-electron chi connectivity index (χ3n) is 7.36. The Hall–Kier alpha value is -2.51. The molecule has 36 heavy (non-hydrogen) atoms. The molecule has 3 heterocycles. The average Bonchev–Trinajstić information content (AvgIpc) is 3.34. The molecule has 0 spiro atoms. The van der Waals surface area contributed by atoms with Gasteiger partial charge in [0.25, 0.3) is 8.32 Å². The molecular weight excluding hydrogens is 486 g/mol. The fourth-order valence-electron chi connectivity index (χ4n) is 5.56. The lowest BCUT2D eigenvalue weighted by molar-refractivity contribution is -0.0246. The van der Waals surface area contributed by atoms with Crippen LogP contribution in [0.25, 0.3) is 5.52 Å². The SMILES string of the molecule is Cc1cnc(Cl)c2cnc(C3CCC(CO[Si](c4ccccc4)(c4ccccc4)C(C)(C)C)OC3)n12. The first-order valence-electron chi connectivity index (χ1n) is 12.7. The van der Waals surface area contributed by atoms with Gasteiger partial charge in [-0.15, -0.1) is 0 Å². The van der Waals surface area contributed by atoms with Crippen molar-refractivity contribution in [2.24, 2.45) is 0 Å². The van der Waals surface area contributed by atoms with Gasteiger partial charge in [0.1, 0.15) is 11.3 Å². The van der Waals surface area contributed by atoms with E-state index in [-0.39, 0.29) is 17.1 Å². The number of ether oxygens (including phenoxy) is 1. The highest BCUT2D eigenvalue weighted by Gasteiger charge is 2.50. The highest BCUT2D eigenvalue weighted by Crippen LogP contribution is 2.37. The normalized spacial score (nSPS) is 19.0. The molecule has 1 fully saturated rings. The molecule has 4 aromatic rings. The van der Waals surface area contributed by atoms with E-state index in [1.807, 2.05) is 13.1 Å². The van der Waals surface area contributed by atoms with Gasteiger partial charge in [-0.2, -0.15) is 0 Å². The van der Waals surface area contributed by atoms with Crippen LogP contribution in [0.1, 0.15) is 51.0 Å². The number of hydrogen-bond acceptors (Lipinski definition) is 4. The van der Waals surface area contributed by atoms with E-state index in [1.54, 1.807) is 6.20 Å². The second kappa shape index (κ2) is 10.1. The van der Waals surface area contributed by atoms with Crippen molar-refractivity contribution in [1.29, 1.82) is 0 Å². The van der Waals surface area contributed by atoms with E-state index >= 15 is 0 Å². The standard InChI is InChI=1S/C29H34ClN3O2Si/c1-21-17-31-27(30)26-18-32-28(33(21)26)22-15-16-23(34-19-22)20-35-36(29(2,3)4,24-11-7-5-8-12-24)25-13-9-6-10-14-25/h5-14,17-18,22-23H,15-16,19-20H2,1-4H3. The molecule has 2 unspecified atom stereocenters. The largest absolute Gasteiger partial charge is 0.405 e. The Balaban J connectivity index is 1.36. The molecule has 1 aliphatic heterocycles. The van der Waals surface area contributed by atoms with E-state index in [4.69, 9.17) is 25.7 Å². The van der Waals surface area contributed by atoms with Gasteiger partial charge >= 0.3 is 0 Å². The number of nitrogens with zero attached hydrogens (tertiary/aromatic N) is 3. The molecular formula is C29H34ClN3O2Si. The van der Waals surface area contributed by atoms with Crippen LogP contribution in [-0.4, -0.2) is 42.0 Å². The van der Waals surface area contributed by atoms with Crippen LogP contribution >= 0.6 is 11.6 Å². The third-order valence-corrected chi connectivity index (χ3v) is 12.7. The maximum Gasteiger partial charge on any atom is 0.261 e. The van der Waals surface area contributed by atoms with E-state index in [9.17, 15) is 0 Å². The summed E-state index contributed by atoms with van der Waals surface area (Å²) < 4.78 is 15.6. The van der Waals surface area contributed by atoms with E-state index in [2.05, 4.69) is 90.8 Å². The third kappa shape index (κ3) is 4.52.